The second kappa shape index (κ2) is 15.4. The lowest BCUT2D eigenvalue weighted by atomic mass is 9.98. The Bertz CT molecular complexity index is 1070. The van der Waals surface area contributed by atoms with Gasteiger partial charge in [-0.25, -0.2) is 4.79 Å². The molecule has 0 radical (unpaired) electrons. The van der Waals surface area contributed by atoms with Crippen LogP contribution in [0.1, 0.15) is 63.1 Å². The lowest BCUT2D eigenvalue weighted by Crippen LogP contribution is -2.07. The van der Waals surface area contributed by atoms with Gasteiger partial charge < -0.3 is 19.4 Å². The van der Waals surface area contributed by atoms with Crippen LogP contribution in [0.25, 0.3) is 0 Å². The Balaban J connectivity index is 2.01. The fourth-order valence-electron chi connectivity index (χ4n) is 3.50. The molecular formula is C27H34ClNO6S. The average molecular weight is 536 g/mol. The van der Waals surface area contributed by atoms with E-state index in [1.807, 2.05) is 32.0 Å². The van der Waals surface area contributed by atoms with Gasteiger partial charge in [0.2, 0.25) is 0 Å². The number of ether oxygens (including phenoxy) is 2. The monoisotopic (exact) mass is 535 g/mol. The summed E-state index contributed by atoms with van der Waals surface area (Å²) in [7, 11) is 1.36. The number of carbonyl (C=O) groups is 2. The summed E-state index contributed by atoms with van der Waals surface area (Å²) in [4.78, 5) is 28.4. The van der Waals surface area contributed by atoms with Crippen LogP contribution >= 0.6 is 23.4 Å². The quantitative estimate of drug-likeness (QED) is 0.0752. The molecule has 2 rings (SSSR count). The molecule has 196 valence electrons. The van der Waals surface area contributed by atoms with Gasteiger partial charge in [-0.1, -0.05) is 49.5 Å². The first-order chi connectivity index (χ1) is 17.3. The van der Waals surface area contributed by atoms with Crippen molar-refractivity contribution in [1.29, 1.82) is 0 Å². The van der Waals surface area contributed by atoms with Crippen LogP contribution in [0.3, 0.4) is 0 Å². The maximum absolute atomic E-state index is 11.4. The molecule has 0 aliphatic rings. The van der Waals surface area contributed by atoms with Gasteiger partial charge in [0.15, 0.2) is 0 Å². The number of thioether (sulfide) groups is 1. The average Bonchev–Trinajstić information content (AvgIpc) is 2.84. The van der Waals surface area contributed by atoms with Crippen molar-refractivity contribution >= 4 is 41.0 Å². The van der Waals surface area contributed by atoms with E-state index in [-0.39, 0.29) is 18.1 Å². The van der Waals surface area contributed by atoms with E-state index >= 15 is 0 Å². The van der Waals surface area contributed by atoms with E-state index in [2.05, 4.69) is 5.16 Å². The van der Waals surface area contributed by atoms with Gasteiger partial charge in [0.25, 0.3) is 0 Å². The van der Waals surface area contributed by atoms with Crippen molar-refractivity contribution < 1.29 is 29.0 Å². The Morgan fingerprint density at radius 1 is 1.14 bits per heavy atom. The molecule has 0 spiro atoms. The van der Waals surface area contributed by atoms with Crippen molar-refractivity contribution in [1.82, 2.24) is 0 Å². The number of hydrogen-bond acceptors (Lipinski definition) is 8. The predicted octanol–water partition coefficient (Wildman–Crippen LogP) is 6.34. The molecule has 0 unspecified atom stereocenters. The van der Waals surface area contributed by atoms with Crippen LogP contribution in [0.15, 0.2) is 40.4 Å². The molecule has 0 aromatic heterocycles. The number of hydrogen-bond donors (Lipinski definition) is 1. The third-order valence-corrected chi connectivity index (χ3v) is 6.78. The number of halogens is 1. The number of aromatic hydroxyl groups is 1. The lowest BCUT2D eigenvalue weighted by Gasteiger charge is -2.16. The smallest absolute Gasteiger partial charge is 0.331 e. The first-order valence-electron chi connectivity index (χ1n) is 12.0. The number of benzene rings is 2. The molecule has 0 amide bonds. The van der Waals surface area contributed by atoms with Crippen molar-refractivity contribution in [3.8, 4) is 11.5 Å². The molecule has 0 saturated heterocycles. The zero-order chi connectivity index (χ0) is 26.5. The molecule has 9 heteroatoms. The van der Waals surface area contributed by atoms with E-state index < -0.39 is 5.97 Å². The van der Waals surface area contributed by atoms with Gasteiger partial charge in [-0.3, -0.25) is 4.79 Å². The number of carbonyl (C=O) groups excluding carboxylic acids is 2. The second-order valence-electron chi connectivity index (χ2n) is 8.13. The van der Waals surface area contributed by atoms with Crippen LogP contribution in [0, 0.1) is 0 Å². The van der Waals surface area contributed by atoms with Crippen LogP contribution < -0.4 is 4.74 Å². The number of phenols is 1. The summed E-state index contributed by atoms with van der Waals surface area (Å²) in [5.74, 6) is 0.730. The summed E-state index contributed by atoms with van der Waals surface area (Å²) in [5.41, 5.74) is 2.61. The zero-order valence-corrected chi connectivity index (χ0v) is 22.8. The van der Waals surface area contributed by atoms with Crippen LogP contribution in [0.5, 0.6) is 11.5 Å². The number of rotatable bonds is 14. The van der Waals surface area contributed by atoms with E-state index in [1.165, 1.54) is 14.0 Å². The highest BCUT2D eigenvalue weighted by Crippen LogP contribution is 2.34. The summed E-state index contributed by atoms with van der Waals surface area (Å²) >= 11 is 7.99. The minimum atomic E-state index is -0.506. The van der Waals surface area contributed by atoms with Crippen molar-refractivity contribution in [3.05, 3.63) is 52.0 Å². The first kappa shape index (κ1) is 29.5. The fourth-order valence-corrected chi connectivity index (χ4v) is 4.71. The van der Waals surface area contributed by atoms with Crippen molar-refractivity contribution in [3.63, 3.8) is 0 Å². The molecule has 1 N–H and O–H groups in total. The molecule has 0 bridgehead atoms. The van der Waals surface area contributed by atoms with Gasteiger partial charge in [0.1, 0.15) is 11.5 Å². The van der Waals surface area contributed by atoms with Crippen molar-refractivity contribution in [2.75, 3.05) is 19.5 Å². The number of phenolic OH excluding ortho intramolecular Hbond substituents is 1. The third-order valence-electron chi connectivity index (χ3n) is 5.20. The van der Waals surface area contributed by atoms with Gasteiger partial charge in [-0.2, -0.15) is 0 Å². The normalized spacial score (nSPS) is 11.3. The van der Waals surface area contributed by atoms with Crippen molar-refractivity contribution in [2.45, 2.75) is 64.2 Å². The number of oxime groups is 1. The van der Waals surface area contributed by atoms with Gasteiger partial charge in [0.05, 0.1) is 30.9 Å². The third kappa shape index (κ3) is 9.06. The highest BCUT2D eigenvalue weighted by atomic mass is 35.5. The summed E-state index contributed by atoms with van der Waals surface area (Å²) in [5, 5.41) is 15.5. The molecule has 2 aromatic rings. The molecule has 0 heterocycles. The number of esters is 1. The molecule has 7 nitrogen and oxygen atoms in total. The highest BCUT2D eigenvalue weighted by molar-refractivity contribution is 7.99. The van der Waals surface area contributed by atoms with Gasteiger partial charge >= 0.3 is 11.9 Å². The standard InChI is InChI=1S/C27H34ClNO6S/c1-5-8-21-24(12-11-20(27(21)32)23(9-6-2)29-35-18(3)30)34-14-7-15-36-25-13-10-19(16-22(25)28)17-26(31)33-4/h10-13,16,32H,5-9,14-15,17H2,1-4H3/b29-23+. The van der Waals surface area contributed by atoms with Gasteiger partial charge in [-0.15, -0.1) is 11.8 Å². The summed E-state index contributed by atoms with van der Waals surface area (Å²) in [6, 6.07) is 9.17. The zero-order valence-electron chi connectivity index (χ0n) is 21.3. The minimum Gasteiger partial charge on any atom is -0.507 e. The number of methoxy groups -OCH3 is 1. The summed E-state index contributed by atoms with van der Waals surface area (Å²) in [6.45, 7) is 5.79. The van der Waals surface area contributed by atoms with Crippen molar-refractivity contribution in [2.24, 2.45) is 5.16 Å². The van der Waals surface area contributed by atoms with E-state index in [4.69, 9.17) is 25.9 Å². The molecule has 0 atom stereocenters. The van der Waals surface area contributed by atoms with E-state index in [0.717, 1.165) is 41.0 Å². The minimum absolute atomic E-state index is 0.113. The van der Waals surface area contributed by atoms with Gasteiger partial charge in [-0.05, 0) is 49.1 Å². The Kier molecular flexibility index (Phi) is 12.6. The summed E-state index contributed by atoms with van der Waals surface area (Å²) < 4.78 is 10.7. The SMILES string of the molecule is CCC/C(=N\OC(C)=O)c1ccc(OCCCSc2ccc(CC(=O)OC)cc2Cl)c(CCC)c1O. The van der Waals surface area contributed by atoms with Crippen LogP contribution in [0.4, 0.5) is 0 Å². The molecule has 36 heavy (non-hydrogen) atoms. The Morgan fingerprint density at radius 2 is 1.92 bits per heavy atom. The highest BCUT2D eigenvalue weighted by Gasteiger charge is 2.18. The molecule has 0 fully saturated rings. The molecule has 2 aromatic carbocycles. The maximum Gasteiger partial charge on any atom is 0.331 e. The Morgan fingerprint density at radius 3 is 2.56 bits per heavy atom. The van der Waals surface area contributed by atoms with E-state index in [9.17, 15) is 14.7 Å². The molecule has 0 saturated carbocycles. The maximum atomic E-state index is 11.4. The molecule has 0 aliphatic carbocycles. The van der Waals surface area contributed by atoms with Crippen LogP contribution in [0.2, 0.25) is 5.02 Å². The van der Waals surface area contributed by atoms with E-state index in [1.54, 1.807) is 23.9 Å². The van der Waals surface area contributed by atoms with E-state index in [0.29, 0.717) is 41.5 Å². The lowest BCUT2D eigenvalue weighted by molar-refractivity contribution is -0.141. The Hall–Kier alpha value is -2.71. The predicted molar refractivity (Wildman–Crippen MR) is 143 cm³/mol. The van der Waals surface area contributed by atoms with Crippen LogP contribution in [-0.4, -0.2) is 42.2 Å². The Labute approximate surface area is 222 Å². The molecule has 0 aliphatic heterocycles. The molecular weight excluding hydrogens is 502 g/mol. The summed E-state index contributed by atoms with van der Waals surface area (Å²) in [6.07, 6.45) is 3.79. The number of nitrogens with zero attached hydrogens (tertiary/aromatic N) is 1. The second-order valence-corrected chi connectivity index (χ2v) is 9.67. The van der Waals surface area contributed by atoms with Gasteiger partial charge in [0, 0.05) is 28.7 Å². The fraction of sp³-hybridized carbons (Fsp3) is 0.444. The topological polar surface area (TPSA) is 94.4 Å². The largest absolute Gasteiger partial charge is 0.507 e. The first-order valence-corrected chi connectivity index (χ1v) is 13.4. The van der Waals surface area contributed by atoms with Crippen LogP contribution in [-0.2, 0) is 32.0 Å².